The van der Waals surface area contributed by atoms with Crippen LogP contribution in [-0.2, 0) is 30.7 Å². The van der Waals surface area contributed by atoms with E-state index in [1.807, 2.05) is 41.0 Å². The summed E-state index contributed by atoms with van der Waals surface area (Å²) in [6.45, 7) is 2.30. The topological polar surface area (TPSA) is 98.6 Å². The molecule has 35 heavy (non-hydrogen) atoms. The fourth-order valence-electron chi connectivity index (χ4n) is 4.16. The van der Waals surface area contributed by atoms with E-state index in [1.54, 1.807) is 19.1 Å². The summed E-state index contributed by atoms with van der Waals surface area (Å²) in [5.41, 5.74) is 2.71. The number of carbonyl (C=O) groups is 2. The molecule has 1 saturated heterocycles. The van der Waals surface area contributed by atoms with Crippen molar-refractivity contribution < 1.29 is 22.7 Å². The first-order chi connectivity index (χ1) is 16.8. The Labute approximate surface area is 213 Å². The number of imidazole rings is 1. The number of thioether (sulfide) groups is 1. The zero-order valence-corrected chi connectivity index (χ0v) is 21.6. The molecule has 0 unspecified atom stereocenters. The van der Waals surface area contributed by atoms with Gasteiger partial charge < -0.3 is 14.2 Å². The number of hydrogen-bond acceptors (Lipinski definition) is 7. The van der Waals surface area contributed by atoms with Gasteiger partial charge in [-0.15, -0.1) is 0 Å². The first kappa shape index (κ1) is 25.5. The van der Waals surface area contributed by atoms with Crippen LogP contribution >= 0.6 is 23.4 Å². The molecule has 1 aromatic heterocycles. The van der Waals surface area contributed by atoms with Crippen LogP contribution in [0, 0.1) is 0 Å². The summed E-state index contributed by atoms with van der Waals surface area (Å²) in [4.78, 5) is 31.1. The van der Waals surface area contributed by atoms with Crippen LogP contribution < -0.4 is 0 Å². The second-order valence-electron chi connectivity index (χ2n) is 8.29. The third-order valence-corrected chi connectivity index (χ3v) is 8.78. The highest BCUT2D eigenvalue weighted by molar-refractivity contribution is 7.99. The Hall–Kier alpha value is -2.56. The first-order valence-corrected chi connectivity index (χ1v) is 14.4. The monoisotopic (exact) mass is 535 g/mol. The van der Waals surface area contributed by atoms with E-state index in [2.05, 4.69) is 4.98 Å². The molecule has 1 aliphatic heterocycles. The fourth-order valence-corrected chi connectivity index (χ4v) is 6.87. The van der Waals surface area contributed by atoms with Crippen LogP contribution in [0.3, 0.4) is 0 Å². The average molecular weight is 536 g/mol. The zero-order chi connectivity index (χ0) is 25.0. The number of esters is 1. The Balaban J connectivity index is 1.39. The Morgan fingerprint density at radius 3 is 2.69 bits per heavy atom. The number of nitrogens with zero attached hydrogens (tertiary/aromatic N) is 3. The number of fused-ring (bicyclic) bond motifs is 1. The quantitative estimate of drug-likeness (QED) is 0.306. The fraction of sp³-hybridized carbons (Fsp3) is 0.375. The third-order valence-electron chi connectivity index (χ3n) is 5.84. The van der Waals surface area contributed by atoms with Crippen LogP contribution in [0.15, 0.2) is 53.7 Å². The van der Waals surface area contributed by atoms with Gasteiger partial charge in [-0.2, -0.15) is 0 Å². The summed E-state index contributed by atoms with van der Waals surface area (Å²) in [5, 5.41) is 1.22. The highest BCUT2D eigenvalue weighted by atomic mass is 35.5. The molecule has 2 aromatic carbocycles. The number of aromatic nitrogens is 2. The first-order valence-electron chi connectivity index (χ1n) is 11.2. The van der Waals surface area contributed by atoms with Gasteiger partial charge in [0, 0.05) is 17.6 Å². The van der Waals surface area contributed by atoms with Crippen LogP contribution in [0.1, 0.15) is 18.9 Å². The largest absolute Gasteiger partial charge is 0.455 e. The molecule has 1 atom stereocenters. The number of benzene rings is 2. The van der Waals surface area contributed by atoms with Gasteiger partial charge in [-0.3, -0.25) is 9.59 Å². The molecule has 2 heterocycles. The number of sulfone groups is 1. The molecule has 11 heteroatoms. The minimum Gasteiger partial charge on any atom is -0.455 e. The highest BCUT2D eigenvalue weighted by Gasteiger charge is 2.34. The second kappa shape index (κ2) is 11.0. The number of rotatable bonds is 9. The summed E-state index contributed by atoms with van der Waals surface area (Å²) in [6.07, 6.45) is 0.410. The molecule has 0 radical (unpaired) electrons. The number of likely N-dealkylation sites (N-methyl/N-ethyl adjacent to an activating group) is 1. The number of carbonyl (C=O) groups excluding carboxylic acids is 2. The van der Waals surface area contributed by atoms with Crippen molar-refractivity contribution in [2.24, 2.45) is 0 Å². The number of ether oxygens (including phenoxy) is 1. The Morgan fingerprint density at radius 1 is 1.23 bits per heavy atom. The lowest BCUT2D eigenvalue weighted by Crippen LogP contribution is -2.43. The van der Waals surface area contributed by atoms with E-state index in [-0.39, 0.29) is 29.2 Å². The highest BCUT2D eigenvalue weighted by Crippen LogP contribution is 2.27. The molecule has 0 aliphatic carbocycles. The molecule has 1 aliphatic rings. The van der Waals surface area contributed by atoms with Gasteiger partial charge in [0.05, 0.1) is 34.8 Å². The molecule has 0 spiro atoms. The van der Waals surface area contributed by atoms with Crippen molar-refractivity contribution in [3.05, 3.63) is 59.1 Å². The van der Waals surface area contributed by atoms with Crippen molar-refractivity contribution in [2.75, 3.05) is 30.4 Å². The van der Waals surface area contributed by atoms with Gasteiger partial charge in [0.2, 0.25) is 0 Å². The molecular formula is C24H26ClN3O5S2. The van der Waals surface area contributed by atoms with Gasteiger partial charge in [-0.25, -0.2) is 13.4 Å². The maximum absolute atomic E-state index is 12.6. The van der Waals surface area contributed by atoms with Crippen molar-refractivity contribution in [1.82, 2.24) is 14.5 Å². The number of hydrogen-bond donors (Lipinski definition) is 0. The van der Waals surface area contributed by atoms with Crippen LogP contribution in [0.2, 0.25) is 5.02 Å². The van der Waals surface area contributed by atoms with Gasteiger partial charge in [-0.05, 0) is 37.1 Å². The predicted molar refractivity (Wildman–Crippen MR) is 136 cm³/mol. The molecule has 3 aromatic rings. The van der Waals surface area contributed by atoms with Gasteiger partial charge in [-0.1, -0.05) is 53.7 Å². The van der Waals surface area contributed by atoms with Crippen LogP contribution in [0.4, 0.5) is 0 Å². The van der Waals surface area contributed by atoms with E-state index >= 15 is 0 Å². The number of halogens is 1. The van der Waals surface area contributed by atoms with E-state index in [4.69, 9.17) is 16.3 Å². The van der Waals surface area contributed by atoms with Gasteiger partial charge >= 0.3 is 5.97 Å². The maximum Gasteiger partial charge on any atom is 0.316 e. The average Bonchev–Trinajstić information content (AvgIpc) is 3.36. The minimum atomic E-state index is -3.12. The van der Waals surface area contributed by atoms with E-state index < -0.39 is 22.4 Å². The zero-order valence-electron chi connectivity index (χ0n) is 19.2. The molecule has 4 rings (SSSR count). The summed E-state index contributed by atoms with van der Waals surface area (Å²) in [6, 6.07) is 15.0. The van der Waals surface area contributed by atoms with E-state index in [9.17, 15) is 18.0 Å². The summed E-state index contributed by atoms with van der Waals surface area (Å²) in [5.74, 6) is -0.928. The lowest BCUT2D eigenvalue weighted by Gasteiger charge is -2.26. The molecule has 0 N–H and O–H groups in total. The van der Waals surface area contributed by atoms with Crippen LogP contribution in [-0.4, -0.2) is 71.2 Å². The van der Waals surface area contributed by atoms with Gasteiger partial charge in [0.15, 0.2) is 21.6 Å². The molecule has 0 saturated carbocycles. The van der Waals surface area contributed by atoms with Crippen LogP contribution in [0.5, 0.6) is 0 Å². The summed E-state index contributed by atoms with van der Waals surface area (Å²) >= 11 is 7.37. The maximum atomic E-state index is 12.6. The Morgan fingerprint density at radius 2 is 2.00 bits per heavy atom. The van der Waals surface area contributed by atoms with Crippen molar-refractivity contribution in [2.45, 2.75) is 31.1 Å². The molecule has 0 bridgehead atoms. The van der Waals surface area contributed by atoms with Gasteiger partial charge in [0.1, 0.15) is 0 Å². The smallest absolute Gasteiger partial charge is 0.316 e. The second-order valence-corrected chi connectivity index (χ2v) is 11.9. The molecule has 1 fully saturated rings. The summed E-state index contributed by atoms with van der Waals surface area (Å²) in [7, 11) is -3.12. The normalized spacial score (nSPS) is 16.9. The lowest BCUT2D eigenvalue weighted by molar-refractivity contribution is -0.150. The predicted octanol–water partition coefficient (Wildman–Crippen LogP) is 3.41. The van der Waals surface area contributed by atoms with E-state index in [0.29, 0.717) is 29.7 Å². The minimum absolute atomic E-state index is 0.0247. The van der Waals surface area contributed by atoms with Crippen molar-refractivity contribution in [1.29, 1.82) is 0 Å². The third kappa shape index (κ3) is 6.36. The molecule has 186 valence electrons. The van der Waals surface area contributed by atoms with Gasteiger partial charge in [0.25, 0.3) is 5.91 Å². The van der Waals surface area contributed by atoms with Crippen LogP contribution in [0.25, 0.3) is 11.0 Å². The Kier molecular flexibility index (Phi) is 8.03. The molecular weight excluding hydrogens is 510 g/mol. The number of amides is 1. The van der Waals surface area contributed by atoms with E-state index in [0.717, 1.165) is 16.6 Å². The molecule has 1 amide bonds. The molecule has 8 nitrogen and oxygen atoms in total. The standard InChI is InChI=1S/C24H26ClN3O5S2/c1-2-27(19-10-11-35(31,32)16-19)22(29)14-33-23(30)15-34-24-26-20-12-18(25)8-9-21(20)28(24)13-17-6-4-3-5-7-17/h3-9,12,19H,2,10-11,13-16H2,1H3/t19-/m1/s1. The van der Waals surface area contributed by atoms with E-state index in [1.165, 1.54) is 16.7 Å². The lowest BCUT2D eigenvalue weighted by atomic mass is 10.2. The van der Waals surface area contributed by atoms with Crippen molar-refractivity contribution >= 4 is 56.1 Å². The van der Waals surface area contributed by atoms with Crippen molar-refractivity contribution in [3.8, 4) is 0 Å². The summed E-state index contributed by atoms with van der Waals surface area (Å²) < 4.78 is 30.7. The SMILES string of the molecule is CCN(C(=O)COC(=O)CSc1nc2cc(Cl)ccc2n1Cc1ccccc1)[C@@H]1CCS(=O)(=O)C1. The van der Waals surface area contributed by atoms with Crippen molar-refractivity contribution in [3.63, 3.8) is 0 Å². The Bertz CT molecular complexity index is 1330.